The normalized spacial score (nSPS) is 21.5. The molecular formula is C26H31FN10O. The van der Waals surface area contributed by atoms with Crippen LogP contribution in [0.25, 0.3) is 5.69 Å². The van der Waals surface area contributed by atoms with Crippen LogP contribution in [0.4, 0.5) is 21.8 Å². The van der Waals surface area contributed by atoms with Crippen molar-refractivity contribution in [3.63, 3.8) is 0 Å². The third-order valence-corrected chi connectivity index (χ3v) is 8.00. The number of tetrazole rings is 1. The van der Waals surface area contributed by atoms with Crippen LogP contribution < -0.4 is 16.3 Å². The summed E-state index contributed by atoms with van der Waals surface area (Å²) in [4.78, 5) is 23.9. The minimum absolute atomic E-state index is 0.114. The summed E-state index contributed by atoms with van der Waals surface area (Å²) in [7, 11) is 1.52. The van der Waals surface area contributed by atoms with Crippen LogP contribution in [0.15, 0.2) is 23.1 Å². The van der Waals surface area contributed by atoms with Crippen LogP contribution in [0.1, 0.15) is 62.0 Å². The van der Waals surface area contributed by atoms with Gasteiger partial charge >= 0.3 is 5.69 Å². The number of piperidine rings is 2. The zero-order valence-corrected chi connectivity index (χ0v) is 21.4. The van der Waals surface area contributed by atoms with E-state index in [1.54, 1.807) is 6.07 Å². The average Bonchev–Trinajstić information content (AvgIpc) is 3.73. The van der Waals surface area contributed by atoms with Crippen molar-refractivity contribution < 1.29 is 4.39 Å². The van der Waals surface area contributed by atoms with Gasteiger partial charge in [0, 0.05) is 19.6 Å². The first-order valence-corrected chi connectivity index (χ1v) is 13.4. The standard InChI is InChI=1S/C26H31FN10O/c1-35-26(38)37(34-33-35)23-12-21(20(27)11-19(23)16-7-8-16)31-25-30-15-18(13-28)24(32-25)29-14-17-5-4-10-36-9-3-2-6-22(17)36/h11-12,15-17,22H,2-10,14H2,1H3,(H2,29,30,31,32)/t17-,22+/m0/s1. The fourth-order valence-electron chi connectivity index (χ4n) is 5.86. The van der Waals surface area contributed by atoms with E-state index in [-0.39, 0.29) is 17.6 Å². The van der Waals surface area contributed by atoms with Gasteiger partial charge in [0.15, 0.2) is 0 Å². The quantitative estimate of drug-likeness (QED) is 0.485. The summed E-state index contributed by atoms with van der Waals surface area (Å²) in [5.41, 5.74) is 1.24. The average molecular weight is 519 g/mol. The predicted octanol–water partition coefficient (Wildman–Crippen LogP) is 3.06. The van der Waals surface area contributed by atoms with Gasteiger partial charge in [-0.25, -0.2) is 14.2 Å². The van der Waals surface area contributed by atoms with E-state index >= 15 is 4.39 Å². The lowest BCUT2D eigenvalue weighted by atomic mass is 9.83. The molecule has 2 atom stereocenters. The number of rotatable bonds is 7. The molecule has 6 rings (SSSR count). The van der Waals surface area contributed by atoms with Crippen LogP contribution in [-0.2, 0) is 7.05 Å². The zero-order valence-electron chi connectivity index (χ0n) is 21.4. The first-order chi connectivity index (χ1) is 18.5. The Morgan fingerprint density at radius 1 is 1.13 bits per heavy atom. The Kier molecular flexibility index (Phi) is 6.53. The van der Waals surface area contributed by atoms with Gasteiger partial charge in [0.1, 0.15) is 23.3 Å². The van der Waals surface area contributed by atoms with Crippen LogP contribution in [0.2, 0.25) is 0 Å². The minimum Gasteiger partial charge on any atom is -0.368 e. The Morgan fingerprint density at radius 3 is 2.74 bits per heavy atom. The molecule has 4 heterocycles. The Hall–Kier alpha value is -3.85. The Labute approximate surface area is 219 Å². The van der Waals surface area contributed by atoms with Crippen molar-refractivity contribution in [2.45, 2.75) is 56.9 Å². The van der Waals surface area contributed by atoms with Crippen molar-refractivity contribution in [1.82, 2.24) is 34.7 Å². The Balaban J connectivity index is 1.25. The molecule has 0 unspecified atom stereocenters. The lowest BCUT2D eigenvalue weighted by Gasteiger charge is -2.44. The van der Waals surface area contributed by atoms with Gasteiger partial charge in [0.25, 0.3) is 0 Å². The fraction of sp³-hybridized carbons (Fsp3) is 0.538. The summed E-state index contributed by atoms with van der Waals surface area (Å²) in [5, 5.41) is 23.7. The van der Waals surface area contributed by atoms with Crippen molar-refractivity contribution in [3.05, 3.63) is 45.8 Å². The molecule has 0 radical (unpaired) electrons. The Bertz CT molecular complexity index is 1440. The number of fused-ring (bicyclic) bond motifs is 1. The van der Waals surface area contributed by atoms with E-state index in [0.717, 1.165) is 36.1 Å². The molecule has 2 aliphatic heterocycles. The summed E-state index contributed by atoms with van der Waals surface area (Å²) < 4.78 is 17.5. The Morgan fingerprint density at radius 2 is 1.97 bits per heavy atom. The van der Waals surface area contributed by atoms with Crippen LogP contribution in [0.5, 0.6) is 0 Å². The number of halogens is 1. The summed E-state index contributed by atoms with van der Waals surface area (Å²) in [6.45, 7) is 3.05. The van der Waals surface area contributed by atoms with Gasteiger partial charge in [0.05, 0.1) is 17.6 Å². The van der Waals surface area contributed by atoms with Gasteiger partial charge in [-0.2, -0.15) is 19.6 Å². The second-order valence-electron chi connectivity index (χ2n) is 10.5. The fourth-order valence-corrected chi connectivity index (χ4v) is 5.86. The topological polar surface area (TPSA) is 130 Å². The smallest absolute Gasteiger partial charge is 0.368 e. The van der Waals surface area contributed by atoms with Crippen molar-refractivity contribution in [3.8, 4) is 11.8 Å². The van der Waals surface area contributed by atoms with E-state index in [1.807, 2.05) is 0 Å². The monoisotopic (exact) mass is 518 g/mol. The van der Waals surface area contributed by atoms with E-state index in [2.05, 4.69) is 42.0 Å². The molecule has 2 N–H and O–H groups in total. The molecule has 3 fully saturated rings. The lowest BCUT2D eigenvalue weighted by Crippen LogP contribution is -2.49. The van der Waals surface area contributed by atoms with Crippen molar-refractivity contribution in [1.29, 1.82) is 5.26 Å². The van der Waals surface area contributed by atoms with Crippen LogP contribution >= 0.6 is 0 Å². The number of nitrogens with zero attached hydrogens (tertiary/aromatic N) is 8. The molecule has 11 nitrogen and oxygen atoms in total. The number of nitriles is 1. The first-order valence-electron chi connectivity index (χ1n) is 13.4. The number of anilines is 3. The molecule has 198 valence electrons. The number of hydrogen-bond donors (Lipinski definition) is 2. The summed E-state index contributed by atoms with van der Waals surface area (Å²) in [6, 6.07) is 5.71. The third kappa shape index (κ3) is 4.74. The SMILES string of the molecule is Cn1nnn(-c2cc(Nc3ncc(C#N)c(NC[C@@H]4CCCN5CCCC[C@H]45)n3)c(F)cc2C2CC2)c1=O. The molecule has 12 heteroatoms. The van der Waals surface area contributed by atoms with Gasteiger partial charge in [-0.15, -0.1) is 0 Å². The molecule has 1 saturated carbocycles. The first kappa shape index (κ1) is 24.5. The zero-order chi connectivity index (χ0) is 26.2. The number of aryl methyl sites for hydroxylation is 1. The maximum absolute atomic E-state index is 15.2. The lowest BCUT2D eigenvalue weighted by molar-refractivity contribution is 0.0649. The molecule has 0 bridgehead atoms. The van der Waals surface area contributed by atoms with Gasteiger partial charge in [-0.3, -0.25) is 0 Å². The molecule has 1 aliphatic carbocycles. The van der Waals surface area contributed by atoms with Gasteiger partial charge in [-0.05, 0) is 91.6 Å². The molecule has 0 amide bonds. The van der Waals surface area contributed by atoms with E-state index in [4.69, 9.17) is 0 Å². The van der Waals surface area contributed by atoms with E-state index < -0.39 is 11.5 Å². The second kappa shape index (κ2) is 10.1. The van der Waals surface area contributed by atoms with E-state index in [9.17, 15) is 10.1 Å². The van der Waals surface area contributed by atoms with Crippen molar-refractivity contribution in [2.24, 2.45) is 13.0 Å². The maximum Gasteiger partial charge on any atom is 0.368 e. The van der Waals surface area contributed by atoms with Crippen LogP contribution in [0.3, 0.4) is 0 Å². The molecule has 1 aromatic carbocycles. The molecule has 3 aromatic rings. The summed E-state index contributed by atoms with van der Waals surface area (Å²) in [6.07, 6.45) is 9.37. The number of hydrogen-bond acceptors (Lipinski definition) is 9. The van der Waals surface area contributed by atoms with Gasteiger partial charge in [0.2, 0.25) is 5.95 Å². The molecule has 3 aliphatic rings. The second-order valence-corrected chi connectivity index (χ2v) is 10.5. The molecule has 0 spiro atoms. The van der Waals surface area contributed by atoms with Crippen LogP contribution in [-0.4, -0.2) is 60.3 Å². The van der Waals surface area contributed by atoms with E-state index in [0.29, 0.717) is 29.0 Å². The molecule has 2 saturated heterocycles. The minimum atomic E-state index is -0.477. The number of nitrogens with one attached hydrogen (secondary N) is 2. The van der Waals surface area contributed by atoms with Gasteiger partial charge < -0.3 is 15.5 Å². The predicted molar refractivity (Wildman–Crippen MR) is 139 cm³/mol. The highest BCUT2D eigenvalue weighted by atomic mass is 19.1. The van der Waals surface area contributed by atoms with Crippen LogP contribution in [0, 0.1) is 23.1 Å². The van der Waals surface area contributed by atoms with Gasteiger partial charge in [-0.1, -0.05) is 6.42 Å². The third-order valence-electron chi connectivity index (χ3n) is 8.00. The highest BCUT2D eigenvalue weighted by Crippen LogP contribution is 2.44. The van der Waals surface area contributed by atoms with Crippen molar-refractivity contribution >= 4 is 17.5 Å². The molecular weight excluding hydrogens is 487 g/mol. The van der Waals surface area contributed by atoms with Crippen molar-refractivity contribution in [2.75, 3.05) is 30.3 Å². The highest BCUT2D eigenvalue weighted by molar-refractivity contribution is 5.63. The maximum atomic E-state index is 15.2. The summed E-state index contributed by atoms with van der Waals surface area (Å²) >= 11 is 0. The highest BCUT2D eigenvalue weighted by Gasteiger charge is 2.33. The van der Waals surface area contributed by atoms with E-state index in [1.165, 1.54) is 62.8 Å². The molecule has 2 aromatic heterocycles. The molecule has 38 heavy (non-hydrogen) atoms. The largest absolute Gasteiger partial charge is 0.368 e. The number of aromatic nitrogens is 6. The summed E-state index contributed by atoms with van der Waals surface area (Å²) in [5.74, 6) is 0.782. The number of benzene rings is 1.